The standard InChI is InChI=1S/C18H38N2O/c1-3-4-5-6-7-8-9-10-11-12-13-20-15-18(14-19)21-16-17(20)2/h17-18H,3-16,19H2,1-2H3. The van der Waals surface area contributed by atoms with Crippen LogP contribution in [-0.2, 0) is 4.74 Å². The number of nitrogens with zero attached hydrogens (tertiary/aromatic N) is 1. The van der Waals surface area contributed by atoms with Crippen LogP contribution in [0.3, 0.4) is 0 Å². The summed E-state index contributed by atoms with van der Waals surface area (Å²) < 4.78 is 5.70. The van der Waals surface area contributed by atoms with Crippen molar-refractivity contribution >= 4 is 0 Å². The zero-order valence-electron chi connectivity index (χ0n) is 14.5. The number of unbranched alkanes of at least 4 members (excludes halogenated alkanes) is 9. The van der Waals surface area contributed by atoms with Gasteiger partial charge >= 0.3 is 0 Å². The van der Waals surface area contributed by atoms with Crippen molar-refractivity contribution in [2.45, 2.75) is 90.2 Å². The first kappa shape index (κ1) is 18.9. The van der Waals surface area contributed by atoms with Gasteiger partial charge in [-0.1, -0.05) is 64.7 Å². The first-order valence-electron chi connectivity index (χ1n) is 9.33. The SMILES string of the molecule is CCCCCCCCCCCCN1CC(CN)OCC1C. The highest BCUT2D eigenvalue weighted by Crippen LogP contribution is 2.14. The van der Waals surface area contributed by atoms with Crippen LogP contribution in [0.5, 0.6) is 0 Å². The summed E-state index contributed by atoms with van der Waals surface area (Å²) in [7, 11) is 0. The van der Waals surface area contributed by atoms with Gasteiger partial charge in [0.25, 0.3) is 0 Å². The minimum absolute atomic E-state index is 0.254. The van der Waals surface area contributed by atoms with Gasteiger partial charge in [0.1, 0.15) is 0 Å². The van der Waals surface area contributed by atoms with E-state index in [2.05, 4.69) is 18.7 Å². The Morgan fingerprint density at radius 3 is 2.10 bits per heavy atom. The van der Waals surface area contributed by atoms with Crippen molar-refractivity contribution in [1.82, 2.24) is 4.90 Å². The van der Waals surface area contributed by atoms with Gasteiger partial charge in [-0.25, -0.2) is 0 Å². The molecule has 1 saturated heterocycles. The fourth-order valence-electron chi connectivity index (χ4n) is 3.13. The lowest BCUT2D eigenvalue weighted by molar-refractivity contribution is -0.0537. The van der Waals surface area contributed by atoms with Crippen LogP contribution in [0, 0.1) is 0 Å². The smallest absolute Gasteiger partial charge is 0.0824 e. The van der Waals surface area contributed by atoms with E-state index in [1.54, 1.807) is 0 Å². The number of hydrogen-bond acceptors (Lipinski definition) is 3. The first-order chi connectivity index (χ1) is 10.3. The van der Waals surface area contributed by atoms with E-state index in [0.29, 0.717) is 12.6 Å². The molecule has 0 radical (unpaired) electrons. The van der Waals surface area contributed by atoms with Crippen molar-refractivity contribution in [2.75, 3.05) is 26.2 Å². The summed E-state index contributed by atoms with van der Waals surface area (Å²) in [5.74, 6) is 0. The molecular formula is C18H38N2O. The molecule has 1 aliphatic rings. The fraction of sp³-hybridized carbons (Fsp3) is 1.00. The third-order valence-electron chi connectivity index (χ3n) is 4.70. The van der Waals surface area contributed by atoms with E-state index in [4.69, 9.17) is 10.5 Å². The van der Waals surface area contributed by atoms with Gasteiger partial charge in [0.2, 0.25) is 0 Å². The molecule has 1 heterocycles. The summed E-state index contributed by atoms with van der Waals surface area (Å²) in [4.78, 5) is 2.56. The van der Waals surface area contributed by atoms with Crippen molar-refractivity contribution in [3.05, 3.63) is 0 Å². The monoisotopic (exact) mass is 298 g/mol. The van der Waals surface area contributed by atoms with Crippen molar-refractivity contribution < 1.29 is 4.74 Å². The molecular weight excluding hydrogens is 260 g/mol. The third-order valence-corrected chi connectivity index (χ3v) is 4.70. The largest absolute Gasteiger partial charge is 0.374 e. The Kier molecular flexibility index (Phi) is 11.2. The second-order valence-electron chi connectivity index (χ2n) is 6.72. The summed E-state index contributed by atoms with van der Waals surface area (Å²) in [5, 5.41) is 0. The van der Waals surface area contributed by atoms with E-state index in [0.717, 1.165) is 13.2 Å². The molecule has 0 saturated carbocycles. The van der Waals surface area contributed by atoms with E-state index in [9.17, 15) is 0 Å². The molecule has 1 aliphatic heterocycles. The zero-order valence-corrected chi connectivity index (χ0v) is 14.5. The van der Waals surface area contributed by atoms with E-state index >= 15 is 0 Å². The molecule has 0 bridgehead atoms. The van der Waals surface area contributed by atoms with Crippen LogP contribution < -0.4 is 5.73 Å². The fourth-order valence-corrected chi connectivity index (χ4v) is 3.13. The lowest BCUT2D eigenvalue weighted by atomic mass is 10.1. The van der Waals surface area contributed by atoms with Gasteiger partial charge in [0.15, 0.2) is 0 Å². The summed E-state index contributed by atoms with van der Waals surface area (Å²) in [6.45, 7) is 8.29. The lowest BCUT2D eigenvalue weighted by Crippen LogP contribution is -2.50. The number of ether oxygens (including phenoxy) is 1. The first-order valence-corrected chi connectivity index (χ1v) is 9.33. The molecule has 1 fully saturated rings. The Labute approximate surface area is 132 Å². The van der Waals surface area contributed by atoms with Crippen molar-refractivity contribution in [1.29, 1.82) is 0 Å². The Bertz CT molecular complexity index is 235. The second kappa shape index (κ2) is 12.4. The zero-order chi connectivity index (χ0) is 15.3. The second-order valence-corrected chi connectivity index (χ2v) is 6.72. The maximum atomic E-state index is 5.71. The van der Waals surface area contributed by atoms with Crippen LogP contribution in [0.4, 0.5) is 0 Å². The quantitative estimate of drug-likeness (QED) is 0.554. The van der Waals surface area contributed by atoms with Crippen molar-refractivity contribution in [2.24, 2.45) is 5.73 Å². The van der Waals surface area contributed by atoms with Crippen LogP contribution in [0.25, 0.3) is 0 Å². The summed E-state index contributed by atoms with van der Waals surface area (Å²) in [6, 6.07) is 0.561. The molecule has 2 atom stereocenters. The number of hydrogen-bond donors (Lipinski definition) is 1. The lowest BCUT2D eigenvalue weighted by Gasteiger charge is -2.37. The van der Waals surface area contributed by atoms with Gasteiger partial charge in [-0.3, -0.25) is 4.90 Å². The van der Waals surface area contributed by atoms with Gasteiger partial charge in [-0.05, 0) is 19.9 Å². The number of nitrogens with two attached hydrogens (primary N) is 1. The van der Waals surface area contributed by atoms with Crippen molar-refractivity contribution in [3.8, 4) is 0 Å². The molecule has 2 N–H and O–H groups in total. The predicted molar refractivity (Wildman–Crippen MR) is 91.7 cm³/mol. The molecule has 0 aromatic heterocycles. The Hall–Kier alpha value is -0.120. The molecule has 0 spiro atoms. The molecule has 0 aromatic rings. The summed E-state index contributed by atoms with van der Waals surface area (Å²) >= 11 is 0. The molecule has 0 aliphatic carbocycles. The van der Waals surface area contributed by atoms with Gasteiger partial charge in [0.05, 0.1) is 12.7 Å². The molecule has 3 heteroatoms. The summed E-state index contributed by atoms with van der Waals surface area (Å²) in [6.07, 6.45) is 14.3. The van der Waals surface area contributed by atoms with Crippen LogP contribution >= 0.6 is 0 Å². The Morgan fingerprint density at radius 2 is 1.52 bits per heavy atom. The minimum Gasteiger partial charge on any atom is -0.374 e. The molecule has 21 heavy (non-hydrogen) atoms. The highest BCUT2D eigenvalue weighted by atomic mass is 16.5. The van der Waals surface area contributed by atoms with Gasteiger partial charge in [-0.15, -0.1) is 0 Å². The maximum absolute atomic E-state index is 5.71. The van der Waals surface area contributed by atoms with Gasteiger partial charge < -0.3 is 10.5 Å². The predicted octanol–water partition coefficient (Wildman–Crippen LogP) is 3.96. The number of rotatable bonds is 12. The molecule has 2 unspecified atom stereocenters. The maximum Gasteiger partial charge on any atom is 0.0824 e. The van der Waals surface area contributed by atoms with E-state index in [1.165, 1.54) is 70.8 Å². The van der Waals surface area contributed by atoms with Crippen LogP contribution in [0.2, 0.25) is 0 Å². The van der Waals surface area contributed by atoms with Crippen molar-refractivity contribution in [3.63, 3.8) is 0 Å². The molecule has 0 aromatic carbocycles. The van der Waals surface area contributed by atoms with Crippen LogP contribution in [0.1, 0.15) is 78.1 Å². The van der Waals surface area contributed by atoms with Gasteiger partial charge in [-0.2, -0.15) is 0 Å². The Balaban J connectivity index is 1.91. The van der Waals surface area contributed by atoms with E-state index in [1.807, 2.05) is 0 Å². The Morgan fingerprint density at radius 1 is 0.952 bits per heavy atom. The average molecular weight is 299 g/mol. The van der Waals surface area contributed by atoms with E-state index in [-0.39, 0.29) is 6.10 Å². The molecule has 126 valence electrons. The van der Waals surface area contributed by atoms with E-state index < -0.39 is 0 Å². The van der Waals surface area contributed by atoms with Gasteiger partial charge in [0, 0.05) is 19.1 Å². The normalized spacial score (nSPS) is 23.6. The molecule has 1 rings (SSSR count). The minimum atomic E-state index is 0.254. The highest BCUT2D eigenvalue weighted by Gasteiger charge is 2.24. The number of morpholine rings is 1. The molecule has 3 nitrogen and oxygen atoms in total. The topological polar surface area (TPSA) is 38.5 Å². The summed E-state index contributed by atoms with van der Waals surface area (Å²) in [5.41, 5.74) is 5.71. The molecule has 0 amide bonds. The van der Waals surface area contributed by atoms with Crippen LogP contribution in [0.15, 0.2) is 0 Å². The highest BCUT2D eigenvalue weighted by molar-refractivity contribution is 4.77. The average Bonchev–Trinajstić information content (AvgIpc) is 2.51. The van der Waals surface area contributed by atoms with Crippen LogP contribution in [-0.4, -0.2) is 43.3 Å². The third kappa shape index (κ3) is 8.80.